The van der Waals surface area contributed by atoms with E-state index in [1.54, 1.807) is 6.20 Å². The van der Waals surface area contributed by atoms with Crippen LogP contribution in [0.3, 0.4) is 0 Å². The molecule has 1 aromatic heterocycles. The van der Waals surface area contributed by atoms with Gasteiger partial charge in [0.2, 0.25) is 0 Å². The first-order valence-electron chi connectivity index (χ1n) is 5.79. The van der Waals surface area contributed by atoms with Gasteiger partial charge < -0.3 is 5.11 Å². The fraction of sp³-hybridized carbons (Fsp3) is 0.0667. The van der Waals surface area contributed by atoms with Crippen LogP contribution in [0.25, 0.3) is 22.0 Å². The Bertz CT molecular complexity index is 689. The lowest BCUT2D eigenvalue weighted by atomic mass is 10.0. The van der Waals surface area contributed by atoms with E-state index in [0.717, 1.165) is 16.6 Å². The second-order valence-corrected chi connectivity index (χ2v) is 4.04. The molecule has 0 bridgehead atoms. The zero-order valence-electron chi connectivity index (χ0n) is 9.74. The largest absolute Gasteiger partial charge is 0.388 e. The minimum atomic E-state index is -0.140. The first-order valence-corrected chi connectivity index (χ1v) is 5.79. The van der Waals surface area contributed by atoms with Crippen LogP contribution in [0, 0.1) is 0 Å². The normalized spacial score (nSPS) is 10.7. The lowest BCUT2D eigenvalue weighted by molar-refractivity contribution is 0.271. The molecule has 3 nitrogen and oxygen atoms in total. The van der Waals surface area contributed by atoms with Gasteiger partial charge >= 0.3 is 0 Å². The van der Waals surface area contributed by atoms with E-state index in [4.69, 9.17) is 5.11 Å². The Labute approximate surface area is 105 Å². The number of rotatable bonds is 2. The third-order valence-electron chi connectivity index (χ3n) is 2.91. The third-order valence-corrected chi connectivity index (χ3v) is 2.91. The van der Waals surface area contributed by atoms with Gasteiger partial charge in [0.05, 0.1) is 5.69 Å². The lowest BCUT2D eigenvalue weighted by Gasteiger charge is -2.06. The van der Waals surface area contributed by atoms with Gasteiger partial charge in [0.1, 0.15) is 6.61 Å². The van der Waals surface area contributed by atoms with E-state index >= 15 is 0 Å². The van der Waals surface area contributed by atoms with Crippen LogP contribution in [-0.4, -0.2) is 15.1 Å². The molecule has 0 fully saturated rings. The van der Waals surface area contributed by atoms with Crippen molar-refractivity contribution in [3.63, 3.8) is 0 Å². The van der Waals surface area contributed by atoms with Crippen molar-refractivity contribution in [3.05, 3.63) is 60.6 Å². The maximum atomic E-state index is 9.10. The van der Waals surface area contributed by atoms with Crippen molar-refractivity contribution >= 4 is 10.8 Å². The Balaban J connectivity index is 2.24. The van der Waals surface area contributed by atoms with E-state index in [1.165, 1.54) is 5.39 Å². The zero-order valence-corrected chi connectivity index (χ0v) is 9.74. The number of hydrogen-bond donors (Lipinski definition) is 1. The molecule has 0 saturated carbocycles. The molecule has 0 spiro atoms. The summed E-state index contributed by atoms with van der Waals surface area (Å²) in [6.45, 7) is -0.140. The summed E-state index contributed by atoms with van der Waals surface area (Å²) < 4.78 is 0. The molecule has 2 aromatic carbocycles. The van der Waals surface area contributed by atoms with E-state index in [0.29, 0.717) is 5.82 Å². The van der Waals surface area contributed by atoms with Crippen molar-refractivity contribution in [1.29, 1.82) is 0 Å². The minimum Gasteiger partial charge on any atom is -0.388 e. The molecule has 0 aliphatic rings. The summed E-state index contributed by atoms with van der Waals surface area (Å²) in [7, 11) is 0. The molecule has 0 amide bonds. The van der Waals surface area contributed by atoms with Gasteiger partial charge in [0.15, 0.2) is 5.82 Å². The SMILES string of the molecule is OCc1nccc(-c2cccc3ccccc23)n1. The van der Waals surface area contributed by atoms with Gasteiger partial charge in [0, 0.05) is 11.8 Å². The average Bonchev–Trinajstić information content (AvgIpc) is 2.47. The maximum absolute atomic E-state index is 9.10. The van der Waals surface area contributed by atoms with Gasteiger partial charge in [0.25, 0.3) is 0 Å². The molecular weight excluding hydrogens is 224 g/mol. The quantitative estimate of drug-likeness (QED) is 0.744. The summed E-state index contributed by atoms with van der Waals surface area (Å²) in [5, 5.41) is 11.4. The molecule has 18 heavy (non-hydrogen) atoms. The van der Waals surface area contributed by atoms with Crippen molar-refractivity contribution in [2.45, 2.75) is 6.61 Å². The third kappa shape index (κ3) is 1.85. The molecule has 3 rings (SSSR count). The molecule has 0 saturated heterocycles. The molecule has 88 valence electrons. The van der Waals surface area contributed by atoms with Gasteiger partial charge in [-0.3, -0.25) is 0 Å². The smallest absolute Gasteiger partial charge is 0.154 e. The minimum absolute atomic E-state index is 0.140. The fourth-order valence-corrected chi connectivity index (χ4v) is 2.07. The summed E-state index contributed by atoms with van der Waals surface area (Å²) in [6.07, 6.45) is 1.68. The van der Waals surface area contributed by atoms with Crippen LogP contribution in [0.1, 0.15) is 5.82 Å². The monoisotopic (exact) mass is 236 g/mol. The van der Waals surface area contributed by atoms with Crippen LogP contribution in [-0.2, 0) is 6.61 Å². The topological polar surface area (TPSA) is 46.0 Å². The number of benzene rings is 2. The van der Waals surface area contributed by atoms with E-state index in [-0.39, 0.29) is 6.61 Å². The Morgan fingerprint density at radius 3 is 2.67 bits per heavy atom. The highest BCUT2D eigenvalue weighted by Crippen LogP contribution is 2.26. The molecule has 0 atom stereocenters. The van der Waals surface area contributed by atoms with Crippen LogP contribution in [0.4, 0.5) is 0 Å². The van der Waals surface area contributed by atoms with Crippen LogP contribution in [0.5, 0.6) is 0 Å². The molecule has 3 aromatic rings. The lowest BCUT2D eigenvalue weighted by Crippen LogP contribution is -1.95. The highest BCUT2D eigenvalue weighted by Gasteiger charge is 2.05. The second kappa shape index (κ2) is 4.55. The molecule has 3 heteroatoms. The summed E-state index contributed by atoms with van der Waals surface area (Å²) in [6, 6.07) is 16.2. The number of aliphatic hydroxyl groups excluding tert-OH is 1. The Kier molecular flexibility index (Phi) is 2.74. The molecular formula is C15H12N2O. The Morgan fingerprint density at radius 1 is 0.944 bits per heavy atom. The number of hydrogen-bond acceptors (Lipinski definition) is 3. The molecule has 1 N–H and O–H groups in total. The van der Waals surface area contributed by atoms with E-state index < -0.39 is 0 Å². The van der Waals surface area contributed by atoms with Gasteiger partial charge in [-0.05, 0) is 16.8 Å². The van der Waals surface area contributed by atoms with Gasteiger partial charge in [-0.25, -0.2) is 9.97 Å². The second-order valence-electron chi connectivity index (χ2n) is 4.04. The highest BCUT2D eigenvalue weighted by molar-refractivity contribution is 5.95. The maximum Gasteiger partial charge on any atom is 0.154 e. The first-order chi connectivity index (χ1) is 8.88. The summed E-state index contributed by atoms with van der Waals surface area (Å²) in [5.74, 6) is 0.445. The summed E-state index contributed by atoms with van der Waals surface area (Å²) in [4.78, 5) is 8.35. The first kappa shape index (κ1) is 10.9. The molecule has 0 aliphatic carbocycles. The Morgan fingerprint density at radius 2 is 1.78 bits per heavy atom. The van der Waals surface area contributed by atoms with Crippen molar-refractivity contribution in [1.82, 2.24) is 9.97 Å². The fourth-order valence-electron chi connectivity index (χ4n) is 2.07. The van der Waals surface area contributed by atoms with Crippen molar-refractivity contribution in [2.75, 3.05) is 0 Å². The van der Waals surface area contributed by atoms with Crippen LogP contribution in [0.2, 0.25) is 0 Å². The summed E-state index contributed by atoms with van der Waals surface area (Å²) in [5.41, 5.74) is 1.90. The van der Waals surface area contributed by atoms with Gasteiger partial charge in [-0.15, -0.1) is 0 Å². The van der Waals surface area contributed by atoms with Gasteiger partial charge in [-0.1, -0.05) is 42.5 Å². The molecule has 0 radical (unpaired) electrons. The predicted molar refractivity (Wildman–Crippen MR) is 70.9 cm³/mol. The van der Waals surface area contributed by atoms with Crippen LogP contribution in [0.15, 0.2) is 54.7 Å². The number of aliphatic hydroxyl groups is 1. The average molecular weight is 236 g/mol. The zero-order chi connectivity index (χ0) is 12.4. The predicted octanol–water partition coefficient (Wildman–Crippen LogP) is 2.79. The molecule has 1 heterocycles. The Hall–Kier alpha value is -2.26. The molecule has 0 unspecified atom stereocenters. The van der Waals surface area contributed by atoms with Gasteiger partial charge in [-0.2, -0.15) is 0 Å². The van der Waals surface area contributed by atoms with E-state index in [1.807, 2.05) is 30.3 Å². The van der Waals surface area contributed by atoms with E-state index in [2.05, 4.69) is 28.2 Å². The van der Waals surface area contributed by atoms with Crippen molar-refractivity contribution in [3.8, 4) is 11.3 Å². The highest BCUT2D eigenvalue weighted by atomic mass is 16.3. The van der Waals surface area contributed by atoms with Crippen molar-refractivity contribution < 1.29 is 5.11 Å². The number of aromatic nitrogens is 2. The van der Waals surface area contributed by atoms with Crippen molar-refractivity contribution in [2.24, 2.45) is 0 Å². The standard InChI is InChI=1S/C15H12N2O/c18-10-15-16-9-8-14(17-15)13-7-3-5-11-4-1-2-6-12(11)13/h1-9,18H,10H2. The number of nitrogens with zero attached hydrogens (tertiary/aromatic N) is 2. The van der Waals surface area contributed by atoms with E-state index in [9.17, 15) is 0 Å². The number of fused-ring (bicyclic) bond motifs is 1. The summed E-state index contributed by atoms with van der Waals surface area (Å²) >= 11 is 0. The molecule has 0 aliphatic heterocycles. The van der Waals surface area contributed by atoms with Crippen LogP contribution < -0.4 is 0 Å². The van der Waals surface area contributed by atoms with Crippen LogP contribution >= 0.6 is 0 Å².